The Balaban J connectivity index is 2.91. The molecule has 0 aliphatic heterocycles. The van der Waals surface area contributed by atoms with E-state index in [1.807, 2.05) is 6.92 Å². The molecule has 0 amide bonds. The molecule has 0 fully saturated rings. The molecule has 1 rings (SSSR count). The zero-order valence-corrected chi connectivity index (χ0v) is 7.82. The van der Waals surface area contributed by atoms with Gasteiger partial charge in [-0.1, -0.05) is 16.8 Å². The molecule has 0 saturated heterocycles. The van der Waals surface area contributed by atoms with Gasteiger partial charge in [-0.15, -0.1) is 0 Å². The summed E-state index contributed by atoms with van der Waals surface area (Å²) in [7, 11) is 0. The highest BCUT2D eigenvalue weighted by Gasteiger charge is 2.02. The van der Waals surface area contributed by atoms with Crippen LogP contribution in [0.25, 0.3) is 0 Å². The maximum Gasteiger partial charge on any atom is 0.232 e. The van der Waals surface area contributed by atoms with Crippen molar-refractivity contribution in [1.29, 1.82) is 0 Å². The molecule has 0 radical (unpaired) electrons. The first-order valence-electron chi connectivity index (χ1n) is 3.73. The second kappa shape index (κ2) is 4.67. The van der Waals surface area contributed by atoms with Gasteiger partial charge in [0.1, 0.15) is 5.02 Å². The first-order valence-corrected chi connectivity index (χ1v) is 4.11. The second-order valence-electron chi connectivity index (χ2n) is 2.23. The van der Waals surface area contributed by atoms with Crippen molar-refractivity contribution in [3.63, 3.8) is 0 Å². The number of nitrogens with zero attached hydrogens (tertiary/aromatic N) is 2. The molecule has 0 spiro atoms. The number of hydrogen-bond donors (Lipinski definition) is 1. The van der Waals surface area contributed by atoms with E-state index in [0.29, 0.717) is 23.1 Å². The van der Waals surface area contributed by atoms with Crippen molar-refractivity contribution < 1.29 is 9.94 Å². The van der Waals surface area contributed by atoms with Gasteiger partial charge in [-0.3, -0.25) is 0 Å². The van der Waals surface area contributed by atoms with Gasteiger partial charge >= 0.3 is 0 Å². The first-order chi connectivity index (χ1) is 6.27. The fraction of sp³-hybridized carbons (Fsp3) is 0.250. The minimum atomic E-state index is 0.388. The van der Waals surface area contributed by atoms with E-state index in [1.54, 1.807) is 6.07 Å². The van der Waals surface area contributed by atoms with E-state index in [9.17, 15) is 0 Å². The van der Waals surface area contributed by atoms with E-state index < -0.39 is 0 Å². The Hall–Kier alpha value is -1.29. The van der Waals surface area contributed by atoms with Crippen LogP contribution in [0.15, 0.2) is 17.4 Å². The molecule has 0 aliphatic rings. The molecule has 1 N–H and O–H groups in total. The number of ether oxygens (including phenoxy) is 1. The summed E-state index contributed by atoms with van der Waals surface area (Å²) in [6, 6.07) is 1.61. The van der Waals surface area contributed by atoms with E-state index in [-0.39, 0.29) is 0 Å². The fourth-order valence-corrected chi connectivity index (χ4v) is 1.05. The molecule has 70 valence electrons. The predicted molar refractivity (Wildman–Crippen MR) is 49.8 cm³/mol. The second-order valence-corrected chi connectivity index (χ2v) is 2.64. The van der Waals surface area contributed by atoms with Crippen molar-refractivity contribution >= 4 is 17.8 Å². The van der Waals surface area contributed by atoms with Crippen LogP contribution in [0.4, 0.5) is 0 Å². The van der Waals surface area contributed by atoms with Gasteiger partial charge in [-0.25, -0.2) is 4.98 Å². The number of halogens is 1. The van der Waals surface area contributed by atoms with E-state index in [0.717, 1.165) is 0 Å². The molecule has 0 aliphatic carbocycles. The molecule has 1 aromatic heterocycles. The van der Waals surface area contributed by atoms with Crippen molar-refractivity contribution in [3.05, 3.63) is 22.8 Å². The van der Waals surface area contributed by atoms with Gasteiger partial charge in [-0.2, -0.15) is 0 Å². The van der Waals surface area contributed by atoms with Gasteiger partial charge in [0.2, 0.25) is 5.88 Å². The highest BCUT2D eigenvalue weighted by molar-refractivity contribution is 6.32. The van der Waals surface area contributed by atoms with Crippen LogP contribution in [0, 0.1) is 0 Å². The zero-order valence-electron chi connectivity index (χ0n) is 7.07. The van der Waals surface area contributed by atoms with Crippen LogP contribution < -0.4 is 4.74 Å². The lowest BCUT2D eigenvalue weighted by Crippen LogP contribution is -1.96. The molecule has 0 bridgehead atoms. The number of pyridine rings is 1. The third-order valence-electron chi connectivity index (χ3n) is 1.32. The number of aromatic nitrogens is 1. The van der Waals surface area contributed by atoms with Crippen LogP contribution in [0.2, 0.25) is 5.02 Å². The summed E-state index contributed by atoms with van der Waals surface area (Å²) < 4.78 is 5.12. The van der Waals surface area contributed by atoms with E-state index in [1.165, 1.54) is 12.4 Å². The molecule has 0 unspecified atom stereocenters. The Bertz CT molecular complexity index is 315. The van der Waals surface area contributed by atoms with Crippen molar-refractivity contribution in [2.75, 3.05) is 6.61 Å². The molecule has 5 heteroatoms. The number of rotatable bonds is 3. The first kappa shape index (κ1) is 9.80. The molecule has 1 aromatic rings. The van der Waals surface area contributed by atoms with E-state index >= 15 is 0 Å². The molecular weight excluding hydrogens is 192 g/mol. The molecule has 0 atom stereocenters. The van der Waals surface area contributed by atoms with Crippen molar-refractivity contribution in [3.8, 4) is 5.88 Å². The largest absolute Gasteiger partial charge is 0.477 e. The van der Waals surface area contributed by atoms with Crippen LogP contribution in [0.5, 0.6) is 5.88 Å². The summed E-state index contributed by atoms with van der Waals surface area (Å²) in [4.78, 5) is 3.93. The van der Waals surface area contributed by atoms with Crippen molar-refractivity contribution in [1.82, 2.24) is 4.98 Å². The third-order valence-corrected chi connectivity index (χ3v) is 1.59. The normalized spacial score (nSPS) is 10.6. The van der Waals surface area contributed by atoms with Gasteiger partial charge in [0.05, 0.1) is 12.8 Å². The Morgan fingerprint density at radius 1 is 1.77 bits per heavy atom. The standard InChI is InChI=1S/C8H9ClN2O2/c1-2-13-8-7(9)3-6(4-10-8)5-11-12/h3-5,12H,2H2,1H3. The van der Waals surface area contributed by atoms with Gasteiger partial charge in [0.25, 0.3) is 0 Å². The van der Waals surface area contributed by atoms with E-state index in [4.69, 9.17) is 21.5 Å². The topological polar surface area (TPSA) is 54.7 Å². The van der Waals surface area contributed by atoms with Crippen LogP contribution in [-0.4, -0.2) is 23.0 Å². The zero-order chi connectivity index (χ0) is 9.68. The lowest BCUT2D eigenvalue weighted by atomic mass is 10.3. The summed E-state index contributed by atoms with van der Waals surface area (Å²) in [5.41, 5.74) is 0.621. The molecule has 0 saturated carbocycles. The Morgan fingerprint density at radius 2 is 2.54 bits per heavy atom. The summed E-state index contributed by atoms with van der Waals surface area (Å²) >= 11 is 5.81. The van der Waals surface area contributed by atoms with Gasteiger partial charge in [-0.05, 0) is 13.0 Å². The van der Waals surface area contributed by atoms with Crippen LogP contribution >= 0.6 is 11.6 Å². The third kappa shape index (κ3) is 2.59. The molecule has 13 heavy (non-hydrogen) atoms. The van der Waals surface area contributed by atoms with E-state index in [2.05, 4.69) is 10.1 Å². The van der Waals surface area contributed by atoms with Gasteiger partial charge in [0.15, 0.2) is 0 Å². The maximum absolute atomic E-state index is 8.25. The summed E-state index contributed by atoms with van der Waals surface area (Å²) in [6.45, 7) is 2.36. The van der Waals surface area contributed by atoms with Crippen molar-refractivity contribution in [2.24, 2.45) is 5.16 Å². The average Bonchev–Trinajstić information content (AvgIpc) is 2.10. The molecular formula is C8H9ClN2O2. The molecule has 4 nitrogen and oxygen atoms in total. The fourth-order valence-electron chi connectivity index (χ4n) is 0.820. The summed E-state index contributed by atoms with van der Waals surface area (Å²) in [5, 5.41) is 11.5. The van der Waals surface area contributed by atoms with Crippen LogP contribution in [0.1, 0.15) is 12.5 Å². The summed E-state index contributed by atoms with van der Waals surface area (Å²) in [5.74, 6) is 0.388. The quantitative estimate of drug-likeness (QED) is 0.461. The SMILES string of the molecule is CCOc1ncc(C=NO)cc1Cl. The number of hydrogen-bond acceptors (Lipinski definition) is 4. The monoisotopic (exact) mass is 200 g/mol. The lowest BCUT2D eigenvalue weighted by Gasteiger charge is -2.03. The van der Waals surface area contributed by atoms with Gasteiger partial charge < -0.3 is 9.94 Å². The minimum absolute atomic E-state index is 0.388. The molecule has 0 aromatic carbocycles. The Morgan fingerprint density at radius 3 is 3.08 bits per heavy atom. The maximum atomic E-state index is 8.25. The predicted octanol–water partition coefficient (Wildman–Crippen LogP) is 1.94. The highest BCUT2D eigenvalue weighted by Crippen LogP contribution is 2.21. The minimum Gasteiger partial charge on any atom is -0.477 e. The van der Waals surface area contributed by atoms with Crippen molar-refractivity contribution in [2.45, 2.75) is 6.92 Å². The average molecular weight is 201 g/mol. The summed E-state index contributed by atoms with van der Waals surface area (Å²) in [6.07, 6.45) is 2.76. The Kier molecular flexibility index (Phi) is 3.52. The molecule has 1 heterocycles. The highest BCUT2D eigenvalue weighted by atomic mass is 35.5. The number of oxime groups is 1. The van der Waals surface area contributed by atoms with Gasteiger partial charge in [0, 0.05) is 11.8 Å². The lowest BCUT2D eigenvalue weighted by molar-refractivity contribution is 0.321. The van der Waals surface area contributed by atoms with Crippen LogP contribution in [0.3, 0.4) is 0 Å². The smallest absolute Gasteiger partial charge is 0.232 e. The Labute approximate surface area is 80.8 Å². The van der Waals surface area contributed by atoms with Crippen LogP contribution in [-0.2, 0) is 0 Å².